The smallest absolute Gasteiger partial charge is 0.0367 e. The molecule has 2 rings (SSSR count). The molecule has 2 N–H and O–H groups in total. The summed E-state index contributed by atoms with van der Waals surface area (Å²) in [5.41, 5.74) is 11.0. The van der Waals surface area contributed by atoms with Gasteiger partial charge in [-0.2, -0.15) is 0 Å². The first-order chi connectivity index (χ1) is 9.56. The van der Waals surface area contributed by atoms with E-state index in [9.17, 15) is 0 Å². The molecule has 0 radical (unpaired) electrons. The third-order valence-corrected chi connectivity index (χ3v) is 3.51. The highest BCUT2D eigenvalue weighted by Gasteiger charge is 2.03. The number of rotatable bonds is 5. The summed E-state index contributed by atoms with van der Waals surface area (Å²) in [5.74, 6) is 0. The molecule has 106 valence electrons. The van der Waals surface area contributed by atoms with Gasteiger partial charge in [0.2, 0.25) is 0 Å². The Balaban J connectivity index is 2.24. The van der Waals surface area contributed by atoms with Gasteiger partial charge in [0.1, 0.15) is 0 Å². The SMILES string of the molecule is CC(N)CCc1cccc(-c2cccc(N(C)C)c2)c1. The second kappa shape index (κ2) is 6.58. The summed E-state index contributed by atoms with van der Waals surface area (Å²) in [4.78, 5) is 2.13. The molecule has 1 atom stereocenters. The Morgan fingerprint density at radius 1 is 1.00 bits per heavy atom. The number of nitrogens with zero attached hydrogens (tertiary/aromatic N) is 1. The summed E-state index contributed by atoms with van der Waals surface area (Å²) < 4.78 is 0. The third-order valence-electron chi connectivity index (χ3n) is 3.51. The quantitative estimate of drug-likeness (QED) is 0.896. The van der Waals surface area contributed by atoms with Gasteiger partial charge in [-0.25, -0.2) is 0 Å². The molecule has 2 aromatic carbocycles. The monoisotopic (exact) mass is 268 g/mol. The molecule has 20 heavy (non-hydrogen) atoms. The van der Waals surface area contributed by atoms with Gasteiger partial charge >= 0.3 is 0 Å². The van der Waals surface area contributed by atoms with Crippen molar-refractivity contribution in [2.24, 2.45) is 5.73 Å². The maximum Gasteiger partial charge on any atom is 0.0367 e. The molecular weight excluding hydrogens is 244 g/mol. The summed E-state index contributed by atoms with van der Waals surface area (Å²) in [6, 6.07) is 17.7. The lowest BCUT2D eigenvalue weighted by atomic mass is 9.99. The summed E-state index contributed by atoms with van der Waals surface area (Å²) in [5, 5.41) is 0. The van der Waals surface area contributed by atoms with E-state index < -0.39 is 0 Å². The Morgan fingerprint density at radius 3 is 2.30 bits per heavy atom. The van der Waals surface area contributed by atoms with Crippen molar-refractivity contribution in [1.82, 2.24) is 0 Å². The van der Waals surface area contributed by atoms with Crippen LogP contribution in [-0.4, -0.2) is 20.1 Å². The van der Waals surface area contributed by atoms with E-state index in [0.717, 1.165) is 12.8 Å². The van der Waals surface area contributed by atoms with Gasteiger partial charge in [0.25, 0.3) is 0 Å². The van der Waals surface area contributed by atoms with E-state index in [2.05, 4.69) is 74.4 Å². The van der Waals surface area contributed by atoms with Crippen LogP contribution >= 0.6 is 0 Å². The summed E-state index contributed by atoms with van der Waals surface area (Å²) >= 11 is 0. The molecule has 1 unspecified atom stereocenters. The largest absolute Gasteiger partial charge is 0.378 e. The van der Waals surface area contributed by atoms with Crippen LogP contribution in [0.4, 0.5) is 5.69 Å². The molecule has 2 aromatic rings. The summed E-state index contributed by atoms with van der Waals surface area (Å²) in [7, 11) is 4.14. The Morgan fingerprint density at radius 2 is 1.65 bits per heavy atom. The average molecular weight is 268 g/mol. The fourth-order valence-corrected chi connectivity index (χ4v) is 2.26. The van der Waals surface area contributed by atoms with Crippen molar-refractivity contribution in [3.8, 4) is 11.1 Å². The molecule has 2 nitrogen and oxygen atoms in total. The fourth-order valence-electron chi connectivity index (χ4n) is 2.26. The van der Waals surface area contributed by atoms with E-state index in [1.165, 1.54) is 22.4 Å². The second-order valence-corrected chi connectivity index (χ2v) is 5.66. The Hall–Kier alpha value is -1.80. The molecule has 0 heterocycles. The maximum atomic E-state index is 5.84. The Kier molecular flexibility index (Phi) is 4.80. The average Bonchev–Trinajstić information content (AvgIpc) is 2.45. The van der Waals surface area contributed by atoms with Crippen molar-refractivity contribution in [3.63, 3.8) is 0 Å². The third kappa shape index (κ3) is 3.84. The zero-order chi connectivity index (χ0) is 14.5. The van der Waals surface area contributed by atoms with Crippen LogP contribution in [0.3, 0.4) is 0 Å². The van der Waals surface area contributed by atoms with Gasteiger partial charge in [-0.15, -0.1) is 0 Å². The summed E-state index contributed by atoms with van der Waals surface area (Å²) in [6.07, 6.45) is 2.07. The normalized spacial score (nSPS) is 12.2. The number of hydrogen-bond acceptors (Lipinski definition) is 2. The molecule has 0 aromatic heterocycles. The molecule has 0 aliphatic heterocycles. The lowest BCUT2D eigenvalue weighted by molar-refractivity contribution is 0.666. The molecule has 0 spiro atoms. The van der Waals surface area contributed by atoms with Crippen molar-refractivity contribution in [3.05, 3.63) is 54.1 Å². The molecule has 0 fully saturated rings. The molecule has 0 amide bonds. The first-order valence-corrected chi connectivity index (χ1v) is 7.18. The summed E-state index contributed by atoms with van der Waals surface area (Å²) in [6.45, 7) is 2.06. The van der Waals surface area contributed by atoms with Crippen molar-refractivity contribution in [1.29, 1.82) is 0 Å². The number of nitrogens with two attached hydrogens (primary N) is 1. The Bertz CT molecular complexity index is 559. The van der Waals surface area contributed by atoms with E-state index in [-0.39, 0.29) is 6.04 Å². The second-order valence-electron chi connectivity index (χ2n) is 5.66. The van der Waals surface area contributed by atoms with Crippen LogP contribution in [0.25, 0.3) is 11.1 Å². The zero-order valence-electron chi connectivity index (χ0n) is 12.6. The van der Waals surface area contributed by atoms with Gasteiger partial charge in [0.05, 0.1) is 0 Å². The van der Waals surface area contributed by atoms with E-state index in [4.69, 9.17) is 5.73 Å². The lowest BCUT2D eigenvalue weighted by Crippen LogP contribution is -2.15. The van der Waals surface area contributed by atoms with Crippen LogP contribution in [0.15, 0.2) is 48.5 Å². The molecule has 0 saturated heterocycles. The maximum absolute atomic E-state index is 5.84. The zero-order valence-corrected chi connectivity index (χ0v) is 12.6. The minimum absolute atomic E-state index is 0.260. The highest BCUT2D eigenvalue weighted by Crippen LogP contribution is 2.25. The topological polar surface area (TPSA) is 29.3 Å². The highest BCUT2D eigenvalue weighted by atomic mass is 15.1. The van der Waals surface area contributed by atoms with Crippen molar-refractivity contribution in [2.75, 3.05) is 19.0 Å². The van der Waals surface area contributed by atoms with Crippen LogP contribution in [0, 0.1) is 0 Å². The predicted octanol–water partition coefficient (Wildman–Crippen LogP) is 3.70. The predicted molar refractivity (Wildman–Crippen MR) is 88.2 cm³/mol. The molecule has 0 saturated carbocycles. The van der Waals surface area contributed by atoms with Crippen molar-refractivity contribution in [2.45, 2.75) is 25.8 Å². The number of anilines is 1. The van der Waals surface area contributed by atoms with E-state index >= 15 is 0 Å². The van der Waals surface area contributed by atoms with E-state index in [1.54, 1.807) is 0 Å². The van der Waals surface area contributed by atoms with Crippen LogP contribution < -0.4 is 10.6 Å². The number of aryl methyl sites for hydroxylation is 1. The molecule has 0 aliphatic rings. The van der Waals surface area contributed by atoms with Crippen molar-refractivity contribution < 1.29 is 0 Å². The van der Waals surface area contributed by atoms with Crippen LogP contribution in [0.2, 0.25) is 0 Å². The van der Waals surface area contributed by atoms with Crippen molar-refractivity contribution >= 4 is 5.69 Å². The minimum Gasteiger partial charge on any atom is -0.378 e. The molecular formula is C18H24N2. The highest BCUT2D eigenvalue weighted by molar-refractivity contribution is 5.68. The van der Waals surface area contributed by atoms with E-state index in [1.807, 2.05) is 0 Å². The van der Waals surface area contributed by atoms with Gasteiger partial charge in [0, 0.05) is 25.8 Å². The van der Waals surface area contributed by atoms with Gasteiger partial charge in [-0.05, 0) is 48.6 Å². The number of benzene rings is 2. The van der Waals surface area contributed by atoms with Gasteiger partial charge in [-0.1, -0.05) is 36.4 Å². The lowest BCUT2D eigenvalue weighted by Gasteiger charge is -2.14. The molecule has 2 heteroatoms. The Labute approximate surface area is 122 Å². The van der Waals surface area contributed by atoms with Gasteiger partial charge in [-0.3, -0.25) is 0 Å². The minimum atomic E-state index is 0.260. The van der Waals surface area contributed by atoms with Gasteiger partial charge in [0.15, 0.2) is 0 Å². The van der Waals surface area contributed by atoms with Crippen LogP contribution in [0.1, 0.15) is 18.9 Å². The van der Waals surface area contributed by atoms with Crippen LogP contribution in [0.5, 0.6) is 0 Å². The van der Waals surface area contributed by atoms with Gasteiger partial charge < -0.3 is 10.6 Å². The number of hydrogen-bond donors (Lipinski definition) is 1. The standard InChI is InChI=1S/C18H24N2/c1-14(19)10-11-15-6-4-7-16(12-15)17-8-5-9-18(13-17)20(2)3/h4-9,12-14H,10-11,19H2,1-3H3. The van der Waals surface area contributed by atoms with Crippen LogP contribution in [-0.2, 0) is 6.42 Å². The molecule has 0 aliphatic carbocycles. The van der Waals surface area contributed by atoms with E-state index in [0.29, 0.717) is 0 Å². The first kappa shape index (κ1) is 14.6. The molecule has 0 bridgehead atoms. The fraction of sp³-hybridized carbons (Fsp3) is 0.333. The first-order valence-electron chi connectivity index (χ1n) is 7.18.